The van der Waals surface area contributed by atoms with E-state index >= 15 is 0 Å². The van der Waals surface area contributed by atoms with E-state index < -0.39 is 9.84 Å². The predicted molar refractivity (Wildman–Crippen MR) is 101 cm³/mol. The van der Waals surface area contributed by atoms with Crippen molar-refractivity contribution < 1.29 is 13.2 Å². The van der Waals surface area contributed by atoms with E-state index in [-0.39, 0.29) is 16.6 Å². The molecule has 0 aliphatic heterocycles. The van der Waals surface area contributed by atoms with Gasteiger partial charge in [0.1, 0.15) is 0 Å². The van der Waals surface area contributed by atoms with Crippen molar-refractivity contribution in [2.24, 2.45) is 0 Å². The fraction of sp³-hybridized carbons (Fsp3) is 0.235. The number of carbonyl (C=O) groups is 1. The molecule has 0 saturated carbocycles. The summed E-state index contributed by atoms with van der Waals surface area (Å²) in [7, 11) is -3.35. The Hall–Kier alpha value is -1.50. The van der Waals surface area contributed by atoms with Gasteiger partial charge in [-0.15, -0.1) is 11.8 Å². The van der Waals surface area contributed by atoms with Crippen molar-refractivity contribution in [2.45, 2.75) is 17.6 Å². The molecule has 4 nitrogen and oxygen atoms in total. The van der Waals surface area contributed by atoms with Crippen LogP contribution in [-0.2, 0) is 20.4 Å². The molecule has 7 heteroatoms. The van der Waals surface area contributed by atoms with Gasteiger partial charge in [-0.3, -0.25) is 4.79 Å². The third kappa shape index (κ3) is 5.26. The van der Waals surface area contributed by atoms with E-state index in [1.807, 2.05) is 31.2 Å². The van der Waals surface area contributed by atoms with Gasteiger partial charge in [-0.05, 0) is 36.2 Å². The van der Waals surface area contributed by atoms with Crippen LogP contribution in [0.2, 0.25) is 5.02 Å². The van der Waals surface area contributed by atoms with E-state index in [1.165, 1.54) is 41.1 Å². The third-order valence-corrected chi connectivity index (χ3v) is 5.81. The van der Waals surface area contributed by atoms with Crippen molar-refractivity contribution in [2.75, 3.05) is 17.3 Å². The molecule has 2 aromatic carbocycles. The SMILES string of the molecule is Cc1ccccc1CSCC(=O)Nc1cc(S(C)(=O)=O)ccc1Cl. The molecule has 0 aliphatic rings. The number of benzene rings is 2. The molecule has 1 N–H and O–H groups in total. The topological polar surface area (TPSA) is 63.2 Å². The Morgan fingerprint density at radius 1 is 1.21 bits per heavy atom. The van der Waals surface area contributed by atoms with Gasteiger partial charge in [-0.25, -0.2) is 8.42 Å². The van der Waals surface area contributed by atoms with Gasteiger partial charge in [0.05, 0.1) is 21.4 Å². The van der Waals surface area contributed by atoms with E-state index in [4.69, 9.17) is 11.6 Å². The number of anilines is 1. The van der Waals surface area contributed by atoms with Gasteiger partial charge in [-0.2, -0.15) is 0 Å². The molecule has 0 heterocycles. The molecule has 0 atom stereocenters. The van der Waals surface area contributed by atoms with Gasteiger partial charge in [0, 0.05) is 12.0 Å². The summed E-state index contributed by atoms with van der Waals surface area (Å²) in [6, 6.07) is 12.3. The van der Waals surface area contributed by atoms with Crippen LogP contribution in [-0.4, -0.2) is 26.3 Å². The average Bonchev–Trinajstić information content (AvgIpc) is 2.50. The predicted octanol–water partition coefficient (Wildman–Crippen LogP) is 3.92. The maximum absolute atomic E-state index is 12.1. The summed E-state index contributed by atoms with van der Waals surface area (Å²) >= 11 is 7.51. The van der Waals surface area contributed by atoms with Crippen molar-refractivity contribution in [3.63, 3.8) is 0 Å². The van der Waals surface area contributed by atoms with Gasteiger partial charge < -0.3 is 5.32 Å². The summed E-state index contributed by atoms with van der Waals surface area (Å²) < 4.78 is 23.2. The van der Waals surface area contributed by atoms with Gasteiger partial charge in [0.25, 0.3) is 0 Å². The highest BCUT2D eigenvalue weighted by Crippen LogP contribution is 2.25. The van der Waals surface area contributed by atoms with Gasteiger partial charge >= 0.3 is 0 Å². The quantitative estimate of drug-likeness (QED) is 0.821. The number of aryl methyl sites for hydroxylation is 1. The summed E-state index contributed by atoms with van der Waals surface area (Å²) in [4.78, 5) is 12.2. The molecule has 0 saturated heterocycles. The molecule has 128 valence electrons. The molecule has 2 aromatic rings. The molecule has 0 spiro atoms. The first-order chi connectivity index (χ1) is 11.3. The molecule has 0 radical (unpaired) electrons. The summed E-state index contributed by atoms with van der Waals surface area (Å²) in [6.07, 6.45) is 1.11. The minimum absolute atomic E-state index is 0.120. The first-order valence-electron chi connectivity index (χ1n) is 7.19. The Balaban J connectivity index is 1.96. The third-order valence-electron chi connectivity index (χ3n) is 3.39. The van der Waals surface area contributed by atoms with Crippen LogP contribution >= 0.6 is 23.4 Å². The highest BCUT2D eigenvalue weighted by atomic mass is 35.5. The smallest absolute Gasteiger partial charge is 0.234 e. The average molecular weight is 384 g/mol. The molecule has 0 aromatic heterocycles. The number of hydrogen-bond acceptors (Lipinski definition) is 4. The Bertz CT molecular complexity index is 851. The second kappa shape index (κ2) is 8.05. The molecule has 0 unspecified atom stereocenters. The van der Waals surface area contributed by atoms with Crippen LogP contribution in [0, 0.1) is 6.92 Å². The lowest BCUT2D eigenvalue weighted by Gasteiger charge is -2.09. The Kier molecular flexibility index (Phi) is 6.32. The summed E-state index contributed by atoms with van der Waals surface area (Å²) in [5.74, 6) is 0.770. The van der Waals surface area contributed by atoms with Crippen molar-refractivity contribution >= 4 is 44.8 Å². The molecule has 0 bridgehead atoms. The van der Waals surface area contributed by atoms with E-state index in [1.54, 1.807) is 0 Å². The Morgan fingerprint density at radius 2 is 1.92 bits per heavy atom. The normalized spacial score (nSPS) is 11.3. The van der Waals surface area contributed by atoms with Crippen molar-refractivity contribution in [1.29, 1.82) is 0 Å². The highest BCUT2D eigenvalue weighted by Gasteiger charge is 2.12. The minimum Gasteiger partial charge on any atom is -0.324 e. The zero-order valence-corrected chi connectivity index (χ0v) is 15.8. The lowest BCUT2D eigenvalue weighted by atomic mass is 10.1. The van der Waals surface area contributed by atoms with Crippen LogP contribution in [0.5, 0.6) is 0 Å². The minimum atomic E-state index is -3.35. The zero-order valence-electron chi connectivity index (χ0n) is 13.4. The zero-order chi connectivity index (χ0) is 17.7. The van der Waals surface area contributed by atoms with Crippen LogP contribution in [0.3, 0.4) is 0 Å². The number of hydrogen-bond donors (Lipinski definition) is 1. The Morgan fingerprint density at radius 3 is 2.58 bits per heavy atom. The lowest BCUT2D eigenvalue weighted by Crippen LogP contribution is -2.15. The summed E-state index contributed by atoms with van der Waals surface area (Å²) in [6.45, 7) is 2.03. The van der Waals surface area contributed by atoms with Crippen molar-refractivity contribution in [3.05, 3.63) is 58.6 Å². The molecule has 1 amide bonds. The first-order valence-corrected chi connectivity index (χ1v) is 10.6. The number of thioether (sulfide) groups is 1. The molecule has 2 rings (SSSR count). The maximum Gasteiger partial charge on any atom is 0.234 e. The molecule has 0 aliphatic carbocycles. The number of carbonyl (C=O) groups excluding carboxylic acids is 1. The van der Waals surface area contributed by atoms with E-state index in [2.05, 4.69) is 5.32 Å². The molecular weight excluding hydrogens is 366 g/mol. The number of amides is 1. The number of sulfone groups is 1. The number of halogens is 1. The second-order valence-electron chi connectivity index (χ2n) is 5.38. The maximum atomic E-state index is 12.1. The fourth-order valence-electron chi connectivity index (χ4n) is 2.04. The van der Waals surface area contributed by atoms with Crippen LogP contribution in [0.4, 0.5) is 5.69 Å². The number of rotatable bonds is 6. The molecule has 0 fully saturated rings. The van der Waals surface area contributed by atoms with Gasteiger partial charge in [0.2, 0.25) is 5.91 Å². The van der Waals surface area contributed by atoms with Crippen LogP contribution < -0.4 is 5.32 Å². The van der Waals surface area contributed by atoms with E-state index in [0.717, 1.165) is 12.0 Å². The molecule has 24 heavy (non-hydrogen) atoms. The van der Waals surface area contributed by atoms with Crippen LogP contribution in [0.25, 0.3) is 0 Å². The van der Waals surface area contributed by atoms with Crippen LogP contribution in [0.1, 0.15) is 11.1 Å². The largest absolute Gasteiger partial charge is 0.324 e. The van der Waals surface area contributed by atoms with Gasteiger partial charge in [-0.1, -0.05) is 35.9 Å². The number of nitrogens with one attached hydrogen (secondary N) is 1. The monoisotopic (exact) mass is 383 g/mol. The first kappa shape index (κ1) is 18.8. The van der Waals surface area contributed by atoms with Crippen LogP contribution in [0.15, 0.2) is 47.4 Å². The van der Waals surface area contributed by atoms with Crippen molar-refractivity contribution in [3.8, 4) is 0 Å². The van der Waals surface area contributed by atoms with E-state index in [9.17, 15) is 13.2 Å². The molecular formula is C17H18ClNO3S2. The van der Waals surface area contributed by atoms with Gasteiger partial charge in [0.15, 0.2) is 9.84 Å². The standard InChI is InChI=1S/C17H18ClNO3S2/c1-12-5-3-4-6-13(12)10-23-11-17(20)19-16-9-14(24(2,21)22)7-8-15(16)18/h3-9H,10-11H2,1-2H3,(H,19,20). The van der Waals surface area contributed by atoms with Crippen molar-refractivity contribution in [1.82, 2.24) is 0 Å². The van der Waals surface area contributed by atoms with E-state index in [0.29, 0.717) is 10.7 Å². The second-order valence-corrected chi connectivity index (χ2v) is 8.79. The summed E-state index contributed by atoms with van der Waals surface area (Å²) in [5, 5.41) is 2.97. The Labute approximate surface area is 151 Å². The fourth-order valence-corrected chi connectivity index (χ4v) is 3.76. The lowest BCUT2D eigenvalue weighted by molar-refractivity contribution is -0.113. The summed E-state index contributed by atoms with van der Waals surface area (Å²) in [5.41, 5.74) is 2.68. The highest BCUT2D eigenvalue weighted by molar-refractivity contribution is 7.99.